The number of oxazole rings is 2. The molecular weight excluding hydrogens is 302 g/mol. The first kappa shape index (κ1) is 13.0. The molecular formula is C19H11N3O2. The van der Waals surface area contributed by atoms with Gasteiger partial charge in [-0.25, -0.2) is 9.97 Å². The Kier molecular flexibility index (Phi) is 2.72. The van der Waals surface area contributed by atoms with Gasteiger partial charge in [-0.15, -0.1) is 0 Å². The van der Waals surface area contributed by atoms with Crippen LogP contribution in [0.2, 0.25) is 0 Å². The van der Waals surface area contributed by atoms with E-state index < -0.39 is 0 Å². The highest BCUT2D eigenvalue weighted by atomic mass is 16.4. The molecule has 5 heteroatoms. The molecule has 5 rings (SSSR count). The number of hydrogen-bond acceptors (Lipinski definition) is 5. The van der Waals surface area contributed by atoms with Crippen molar-refractivity contribution in [2.24, 2.45) is 0 Å². The summed E-state index contributed by atoms with van der Waals surface area (Å²) in [7, 11) is 0. The minimum Gasteiger partial charge on any atom is -0.436 e. The van der Waals surface area contributed by atoms with Gasteiger partial charge in [0, 0.05) is 12.4 Å². The highest BCUT2D eigenvalue weighted by molar-refractivity contribution is 5.78. The third-order valence-corrected chi connectivity index (χ3v) is 3.82. The van der Waals surface area contributed by atoms with Gasteiger partial charge in [-0.05, 0) is 30.3 Å². The summed E-state index contributed by atoms with van der Waals surface area (Å²) in [4.78, 5) is 13.3. The summed E-state index contributed by atoms with van der Waals surface area (Å²) < 4.78 is 11.6. The molecule has 114 valence electrons. The molecule has 24 heavy (non-hydrogen) atoms. The van der Waals surface area contributed by atoms with Gasteiger partial charge in [0.1, 0.15) is 11.0 Å². The van der Waals surface area contributed by atoms with Gasteiger partial charge in [0.25, 0.3) is 0 Å². The molecule has 0 bridgehead atoms. The van der Waals surface area contributed by atoms with E-state index in [0.717, 1.165) is 33.3 Å². The van der Waals surface area contributed by atoms with Crippen molar-refractivity contribution in [1.82, 2.24) is 15.0 Å². The molecule has 0 unspecified atom stereocenters. The van der Waals surface area contributed by atoms with Crippen molar-refractivity contribution in [3.63, 3.8) is 0 Å². The van der Waals surface area contributed by atoms with Gasteiger partial charge in [-0.2, -0.15) is 0 Å². The van der Waals surface area contributed by atoms with Crippen molar-refractivity contribution >= 4 is 22.2 Å². The first-order chi connectivity index (χ1) is 11.9. The third-order valence-electron chi connectivity index (χ3n) is 3.82. The summed E-state index contributed by atoms with van der Waals surface area (Å²) in [6, 6.07) is 17.2. The van der Waals surface area contributed by atoms with E-state index in [1.807, 2.05) is 54.6 Å². The summed E-state index contributed by atoms with van der Waals surface area (Å²) in [6.45, 7) is 0. The number of pyridine rings is 1. The SMILES string of the molecule is c1ccc2oc(-c3cncc(-c4nc5ccccc5o4)c3)nc2c1. The molecule has 5 aromatic rings. The zero-order chi connectivity index (χ0) is 15.9. The second-order valence-electron chi connectivity index (χ2n) is 5.44. The number of hydrogen-bond donors (Lipinski definition) is 0. The summed E-state index contributed by atoms with van der Waals surface area (Å²) in [5, 5.41) is 0. The van der Waals surface area contributed by atoms with Crippen molar-refractivity contribution in [3.05, 3.63) is 67.0 Å². The molecule has 5 nitrogen and oxygen atoms in total. The van der Waals surface area contributed by atoms with Gasteiger partial charge < -0.3 is 8.83 Å². The normalized spacial score (nSPS) is 11.3. The van der Waals surface area contributed by atoms with E-state index in [1.54, 1.807) is 12.4 Å². The molecule has 0 aliphatic carbocycles. The smallest absolute Gasteiger partial charge is 0.228 e. The minimum atomic E-state index is 0.529. The van der Waals surface area contributed by atoms with Gasteiger partial charge in [0.15, 0.2) is 11.2 Å². The van der Waals surface area contributed by atoms with Crippen LogP contribution in [0.4, 0.5) is 0 Å². The summed E-state index contributed by atoms with van der Waals surface area (Å²) in [5.41, 5.74) is 4.70. The molecule has 3 aromatic heterocycles. The van der Waals surface area contributed by atoms with Crippen LogP contribution in [-0.2, 0) is 0 Å². The Balaban J connectivity index is 1.62. The number of benzene rings is 2. The van der Waals surface area contributed by atoms with Crippen molar-refractivity contribution in [2.75, 3.05) is 0 Å². The lowest BCUT2D eigenvalue weighted by molar-refractivity contribution is 0.616. The fraction of sp³-hybridized carbons (Fsp3) is 0. The maximum atomic E-state index is 5.80. The molecule has 2 aromatic carbocycles. The summed E-state index contributed by atoms with van der Waals surface area (Å²) in [5.74, 6) is 1.06. The van der Waals surface area contributed by atoms with Crippen molar-refractivity contribution in [2.45, 2.75) is 0 Å². The largest absolute Gasteiger partial charge is 0.436 e. The van der Waals surface area contributed by atoms with Gasteiger partial charge in [-0.1, -0.05) is 24.3 Å². The zero-order valence-electron chi connectivity index (χ0n) is 12.5. The second-order valence-corrected chi connectivity index (χ2v) is 5.44. The lowest BCUT2D eigenvalue weighted by Gasteiger charge is -1.98. The van der Waals surface area contributed by atoms with Crippen molar-refractivity contribution < 1.29 is 8.83 Å². The summed E-state index contributed by atoms with van der Waals surface area (Å²) >= 11 is 0. The fourth-order valence-electron chi connectivity index (χ4n) is 2.67. The molecule has 0 aliphatic rings. The highest BCUT2D eigenvalue weighted by Gasteiger charge is 2.12. The monoisotopic (exact) mass is 313 g/mol. The van der Waals surface area contributed by atoms with E-state index in [1.165, 1.54) is 0 Å². The average molecular weight is 313 g/mol. The number of aromatic nitrogens is 3. The highest BCUT2D eigenvalue weighted by Crippen LogP contribution is 2.28. The Morgan fingerprint density at radius 3 is 1.62 bits per heavy atom. The van der Waals surface area contributed by atoms with Crippen LogP contribution in [-0.4, -0.2) is 15.0 Å². The Labute approximate surface area is 136 Å². The molecule has 0 saturated carbocycles. The van der Waals surface area contributed by atoms with Crippen LogP contribution in [0.5, 0.6) is 0 Å². The van der Waals surface area contributed by atoms with Gasteiger partial charge in [-0.3, -0.25) is 4.98 Å². The maximum absolute atomic E-state index is 5.80. The van der Waals surface area contributed by atoms with Crippen LogP contribution in [0.15, 0.2) is 75.8 Å². The minimum absolute atomic E-state index is 0.529. The van der Waals surface area contributed by atoms with E-state index in [2.05, 4.69) is 15.0 Å². The third kappa shape index (κ3) is 2.06. The van der Waals surface area contributed by atoms with Crippen LogP contribution in [0, 0.1) is 0 Å². The standard InChI is InChI=1S/C19H11N3O2/c1-3-7-16-14(5-1)21-18(23-16)12-9-13(11-20-10-12)19-22-15-6-2-4-8-17(15)24-19/h1-11H. The molecule has 0 spiro atoms. The molecule has 0 aliphatic heterocycles. The average Bonchev–Trinajstić information content (AvgIpc) is 3.26. The molecule has 3 heterocycles. The summed E-state index contributed by atoms with van der Waals surface area (Å²) in [6.07, 6.45) is 3.44. The molecule has 0 amide bonds. The van der Waals surface area contributed by atoms with Gasteiger partial charge >= 0.3 is 0 Å². The van der Waals surface area contributed by atoms with Gasteiger partial charge in [0.2, 0.25) is 11.8 Å². The lowest BCUT2D eigenvalue weighted by Crippen LogP contribution is -1.84. The molecule has 0 N–H and O–H groups in total. The molecule has 0 saturated heterocycles. The van der Waals surface area contributed by atoms with E-state index in [4.69, 9.17) is 8.83 Å². The number of fused-ring (bicyclic) bond motifs is 2. The Bertz CT molecular complexity index is 1020. The fourth-order valence-corrected chi connectivity index (χ4v) is 2.67. The molecule has 0 fully saturated rings. The Morgan fingerprint density at radius 1 is 0.625 bits per heavy atom. The first-order valence-electron chi connectivity index (χ1n) is 7.54. The van der Waals surface area contributed by atoms with Crippen molar-refractivity contribution in [3.8, 4) is 22.9 Å². The van der Waals surface area contributed by atoms with Crippen LogP contribution in [0.3, 0.4) is 0 Å². The van der Waals surface area contributed by atoms with Crippen LogP contribution >= 0.6 is 0 Å². The number of nitrogens with zero attached hydrogens (tertiary/aromatic N) is 3. The van der Waals surface area contributed by atoms with E-state index in [0.29, 0.717) is 11.8 Å². The zero-order valence-corrected chi connectivity index (χ0v) is 12.5. The maximum Gasteiger partial charge on any atom is 0.228 e. The molecule has 0 radical (unpaired) electrons. The molecule has 0 atom stereocenters. The quantitative estimate of drug-likeness (QED) is 0.472. The van der Waals surface area contributed by atoms with E-state index in [9.17, 15) is 0 Å². The predicted octanol–water partition coefficient (Wildman–Crippen LogP) is 4.70. The van der Waals surface area contributed by atoms with Crippen LogP contribution in [0.25, 0.3) is 45.1 Å². The van der Waals surface area contributed by atoms with Crippen LogP contribution in [0.1, 0.15) is 0 Å². The first-order valence-corrected chi connectivity index (χ1v) is 7.54. The topological polar surface area (TPSA) is 65.0 Å². The Hall–Kier alpha value is -3.47. The van der Waals surface area contributed by atoms with Gasteiger partial charge in [0.05, 0.1) is 11.1 Å². The lowest BCUT2D eigenvalue weighted by atomic mass is 10.2. The van der Waals surface area contributed by atoms with Crippen molar-refractivity contribution in [1.29, 1.82) is 0 Å². The predicted molar refractivity (Wildman–Crippen MR) is 90.2 cm³/mol. The van der Waals surface area contributed by atoms with E-state index in [-0.39, 0.29) is 0 Å². The van der Waals surface area contributed by atoms with Crippen LogP contribution < -0.4 is 0 Å². The Morgan fingerprint density at radius 2 is 1.12 bits per heavy atom. The second kappa shape index (κ2) is 5.03. The number of para-hydroxylation sites is 4. The van der Waals surface area contributed by atoms with E-state index >= 15 is 0 Å². The number of rotatable bonds is 2.